The molecular formula is C14H26N4OS. The highest BCUT2D eigenvalue weighted by Gasteiger charge is 2.30. The van der Waals surface area contributed by atoms with E-state index in [2.05, 4.69) is 29.4 Å². The van der Waals surface area contributed by atoms with Gasteiger partial charge in [0.1, 0.15) is 0 Å². The summed E-state index contributed by atoms with van der Waals surface area (Å²) in [5, 5.41) is 11.7. The number of nitrogens with one attached hydrogen (secondary N) is 2. The van der Waals surface area contributed by atoms with Gasteiger partial charge in [-0.1, -0.05) is 25.6 Å². The van der Waals surface area contributed by atoms with Gasteiger partial charge in [-0.15, -0.1) is 5.10 Å². The number of thioether (sulfide) groups is 1. The number of aromatic amines is 1. The van der Waals surface area contributed by atoms with Crippen LogP contribution in [0.15, 0.2) is 9.95 Å². The van der Waals surface area contributed by atoms with Gasteiger partial charge in [0, 0.05) is 17.3 Å². The Hall–Kier alpha value is -0.750. The van der Waals surface area contributed by atoms with Gasteiger partial charge in [0.15, 0.2) is 5.16 Å². The van der Waals surface area contributed by atoms with Crippen LogP contribution in [0.4, 0.5) is 0 Å². The molecule has 0 aromatic carbocycles. The van der Waals surface area contributed by atoms with Crippen molar-refractivity contribution in [1.29, 1.82) is 0 Å². The molecule has 3 atom stereocenters. The van der Waals surface area contributed by atoms with E-state index in [1.807, 2.05) is 13.8 Å². The zero-order chi connectivity index (χ0) is 14.7. The zero-order valence-electron chi connectivity index (χ0n) is 12.8. The highest BCUT2D eigenvalue weighted by molar-refractivity contribution is 7.99. The highest BCUT2D eigenvalue weighted by Crippen LogP contribution is 2.35. The Morgan fingerprint density at radius 2 is 2.25 bits per heavy atom. The van der Waals surface area contributed by atoms with Crippen LogP contribution in [-0.2, 0) is 0 Å². The molecule has 1 fully saturated rings. The van der Waals surface area contributed by atoms with Gasteiger partial charge in [-0.05, 0) is 45.6 Å². The smallest absolute Gasteiger partial charge is 0.313 e. The standard InChI is InChI=1S/C14H26N4OS/c1-5-15-11-7-6-10(4)8-12(11)20-14-17-16-13(19)18(14)9(2)3/h9-12,15H,5-8H2,1-4H3,(H,16,19). The summed E-state index contributed by atoms with van der Waals surface area (Å²) in [6.07, 6.45) is 3.68. The second-order valence-corrected chi connectivity index (χ2v) is 7.22. The summed E-state index contributed by atoms with van der Waals surface area (Å²) in [6, 6.07) is 0.663. The van der Waals surface area contributed by atoms with E-state index in [1.165, 1.54) is 19.3 Å². The number of rotatable bonds is 5. The minimum Gasteiger partial charge on any atom is -0.313 e. The Morgan fingerprint density at radius 1 is 1.50 bits per heavy atom. The predicted molar refractivity (Wildman–Crippen MR) is 83.4 cm³/mol. The van der Waals surface area contributed by atoms with Crippen molar-refractivity contribution in [1.82, 2.24) is 20.1 Å². The number of aromatic nitrogens is 3. The third-order valence-corrected chi connectivity index (χ3v) is 5.29. The van der Waals surface area contributed by atoms with Crippen molar-refractivity contribution < 1.29 is 0 Å². The summed E-state index contributed by atoms with van der Waals surface area (Å²) < 4.78 is 1.76. The largest absolute Gasteiger partial charge is 0.344 e. The van der Waals surface area contributed by atoms with E-state index in [9.17, 15) is 4.79 Å². The highest BCUT2D eigenvalue weighted by atomic mass is 32.2. The maximum atomic E-state index is 11.8. The normalized spacial score (nSPS) is 27.1. The van der Waals surface area contributed by atoms with E-state index >= 15 is 0 Å². The molecule has 20 heavy (non-hydrogen) atoms. The fourth-order valence-electron chi connectivity index (χ4n) is 2.92. The van der Waals surface area contributed by atoms with Crippen molar-refractivity contribution in [3.63, 3.8) is 0 Å². The molecule has 1 aliphatic carbocycles. The third kappa shape index (κ3) is 3.47. The average Bonchev–Trinajstić information content (AvgIpc) is 2.74. The van der Waals surface area contributed by atoms with Gasteiger partial charge in [0.2, 0.25) is 0 Å². The molecule has 1 heterocycles. The Labute approximate surface area is 124 Å². The first-order valence-electron chi connectivity index (χ1n) is 7.59. The van der Waals surface area contributed by atoms with Crippen molar-refractivity contribution >= 4 is 11.8 Å². The molecule has 114 valence electrons. The first-order valence-corrected chi connectivity index (χ1v) is 8.47. The lowest BCUT2D eigenvalue weighted by Crippen LogP contribution is -2.42. The third-order valence-electron chi connectivity index (χ3n) is 3.97. The zero-order valence-corrected chi connectivity index (χ0v) is 13.7. The van der Waals surface area contributed by atoms with Crippen molar-refractivity contribution in [3.05, 3.63) is 10.5 Å². The van der Waals surface area contributed by atoms with Crippen LogP contribution in [0.3, 0.4) is 0 Å². The molecular weight excluding hydrogens is 272 g/mol. The molecule has 3 unspecified atom stereocenters. The van der Waals surface area contributed by atoms with Crippen molar-refractivity contribution in [2.75, 3.05) is 6.54 Å². The summed E-state index contributed by atoms with van der Waals surface area (Å²) in [4.78, 5) is 11.8. The predicted octanol–water partition coefficient (Wildman–Crippen LogP) is 2.41. The van der Waals surface area contributed by atoms with Crippen LogP contribution in [0.25, 0.3) is 0 Å². The van der Waals surface area contributed by atoms with Crippen molar-refractivity contribution in [2.24, 2.45) is 5.92 Å². The molecule has 2 rings (SSSR count). The minimum atomic E-state index is -0.105. The topological polar surface area (TPSA) is 62.7 Å². The minimum absolute atomic E-state index is 0.105. The van der Waals surface area contributed by atoms with Gasteiger partial charge in [-0.3, -0.25) is 4.57 Å². The maximum Gasteiger partial charge on any atom is 0.344 e. The lowest BCUT2D eigenvalue weighted by molar-refractivity contribution is 0.320. The SMILES string of the molecule is CCNC1CCC(C)CC1Sc1n[nH]c(=O)n1C(C)C. The Balaban J connectivity index is 2.15. The molecule has 5 nitrogen and oxygen atoms in total. The van der Waals surface area contributed by atoms with Crippen LogP contribution in [-0.4, -0.2) is 32.6 Å². The summed E-state index contributed by atoms with van der Waals surface area (Å²) in [5.74, 6) is 0.751. The number of nitrogens with zero attached hydrogens (tertiary/aromatic N) is 2. The Bertz CT molecular complexity index is 482. The number of H-pyrrole nitrogens is 1. The first kappa shape index (κ1) is 15.6. The molecule has 1 aromatic heterocycles. The molecule has 0 bridgehead atoms. The summed E-state index contributed by atoms with van der Waals surface area (Å²) >= 11 is 1.75. The second-order valence-electron chi connectivity index (χ2n) is 6.01. The molecule has 0 saturated heterocycles. The Morgan fingerprint density at radius 3 is 2.90 bits per heavy atom. The molecule has 1 saturated carbocycles. The first-order chi connectivity index (χ1) is 9.52. The molecule has 2 N–H and O–H groups in total. The van der Waals surface area contributed by atoms with Crippen LogP contribution >= 0.6 is 11.8 Å². The molecule has 0 amide bonds. The summed E-state index contributed by atoms with van der Waals surface area (Å²) in [7, 11) is 0. The molecule has 1 aromatic rings. The Kier molecular flexibility index (Phi) is 5.32. The molecule has 0 spiro atoms. The lowest BCUT2D eigenvalue weighted by Gasteiger charge is -2.34. The average molecular weight is 298 g/mol. The van der Waals surface area contributed by atoms with Crippen LogP contribution in [0.1, 0.15) is 53.0 Å². The van der Waals surface area contributed by atoms with Gasteiger partial charge >= 0.3 is 5.69 Å². The number of hydrogen-bond donors (Lipinski definition) is 2. The van der Waals surface area contributed by atoms with Gasteiger partial charge in [0.05, 0.1) is 0 Å². The maximum absolute atomic E-state index is 11.8. The fourth-order valence-corrected chi connectivity index (χ4v) is 4.52. The van der Waals surface area contributed by atoms with E-state index in [4.69, 9.17) is 0 Å². The van der Waals surface area contributed by atoms with Gasteiger partial charge in [-0.2, -0.15) is 0 Å². The van der Waals surface area contributed by atoms with Crippen LogP contribution in [0.5, 0.6) is 0 Å². The molecule has 6 heteroatoms. The van der Waals surface area contributed by atoms with E-state index in [-0.39, 0.29) is 11.7 Å². The summed E-state index contributed by atoms with van der Waals surface area (Å²) in [6.45, 7) is 9.50. The lowest BCUT2D eigenvalue weighted by atomic mass is 9.87. The van der Waals surface area contributed by atoms with Crippen LogP contribution < -0.4 is 11.0 Å². The van der Waals surface area contributed by atoms with Crippen LogP contribution in [0.2, 0.25) is 0 Å². The van der Waals surface area contributed by atoms with E-state index < -0.39 is 0 Å². The van der Waals surface area contributed by atoms with E-state index in [1.54, 1.807) is 16.3 Å². The van der Waals surface area contributed by atoms with Crippen LogP contribution in [0, 0.1) is 5.92 Å². The number of hydrogen-bond acceptors (Lipinski definition) is 4. The van der Waals surface area contributed by atoms with E-state index in [0.29, 0.717) is 11.3 Å². The second kappa shape index (κ2) is 6.80. The van der Waals surface area contributed by atoms with Crippen molar-refractivity contribution in [2.45, 2.75) is 69.4 Å². The monoisotopic (exact) mass is 298 g/mol. The van der Waals surface area contributed by atoms with Crippen molar-refractivity contribution in [3.8, 4) is 0 Å². The van der Waals surface area contributed by atoms with Gasteiger partial charge < -0.3 is 5.32 Å². The summed E-state index contributed by atoms with van der Waals surface area (Å²) in [5.41, 5.74) is -0.105. The van der Waals surface area contributed by atoms with Gasteiger partial charge in [0.25, 0.3) is 0 Å². The fraction of sp³-hybridized carbons (Fsp3) is 0.857. The molecule has 0 aliphatic heterocycles. The van der Waals surface area contributed by atoms with Gasteiger partial charge in [-0.25, -0.2) is 9.89 Å². The van der Waals surface area contributed by atoms with E-state index in [0.717, 1.165) is 17.6 Å². The quantitative estimate of drug-likeness (QED) is 0.876. The molecule has 0 radical (unpaired) electrons. The molecule has 1 aliphatic rings.